The van der Waals surface area contributed by atoms with Crippen molar-refractivity contribution in [3.8, 4) is 0 Å². The highest BCUT2D eigenvalue weighted by atomic mass is 16.5. The number of likely N-dealkylation sites (N-methyl/N-ethyl adjacent to an activating group) is 1. The Morgan fingerprint density at radius 3 is 2.29 bits per heavy atom. The molecule has 0 saturated carbocycles. The molecule has 2 aliphatic rings. The van der Waals surface area contributed by atoms with Crippen LogP contribution in [0, 0.1) is 0 Å². The fraction of sp³-hybridized carbons (Fsp3) is 0.562. The molecule has 0 unspecified atom stereocenters. The lowest BCUT2D eigenvalue weighted by Crippen LogP contribution is -2.41. The highest BCUT2D eigenvalue weighted by molar-refractivity contribution is 5.80. The van der Waals surface area contributed by atoms with Gasteiger partial charge in [0.1, 0.15) is 0 Å². The summed E-state index contributed by atoms with van der Waals surface area (Å²) >= 11 is 0. The lowest BCUT2D eigenvalue weighted by atomic mass is 10.2. The molecule has 1 aromatic rings. The van der Waals surface area contributed by atoms with E-state index < -0.39 is 0 Å². The minimum absolute atomic E-state index is 0.826. The van der Waals surface area contributed by atoms with Gasteiger partial charge >= 0.3 is 0 Å². The molecule has 2 saturated heterocycles. The van der Waals surface area contributed by atoms with Gasteiger partial charge in [-0.1, -0.05) is 12.1 Å². The summed E-state index contributed by atoms with van der Waals surface area (Å²) in [5, 5.41) is 6.73. The summed E-state index contributed by atoms with van der Waals surface area (Å²) in [6, 6.07) is 8.64. The zero-order valence-corrected chi connectivity index (χ0v) is 12.7. The zero-order valence-electron chi connectivity index (χ0n) is 12.7. The quantitative estimate of drug-likeness (QED) is 0.780. The number of hydrazone groups is 1. The first-order valence-corrected chi connectivity index (χ1v) is 7.71. The number of morpholine rings is 1. The van der Waals surface area contributed by atoms with E-state index in [0.717, 1.165) is 58.0 Å². The molecular weight excluding hydrogens is 264 g/mol. The van der Waals surface area contributed by atoms with E-state index in [1.54, 1.807) is 0 Å². The number of ether oxygens (including phenoxy) is 1. The summed E-state index contributed by atoms with van der Waals surface area (Å²) in [6.07, 6.45) is 1.97. The van der Waals surface area contributed by atoms with Crippen molar-refractivity contribution in [1.82, 2.24) is 9.91 Å². The van der Waals surface area contributed by atoms with Crippen molar-refractivity contribution in [2.45, 2.75) is 0 Å². The van der Waals surface area contributed by atoms with Gasteiger partial charge in [0.15, 0.2) is 0 Å². The number of hydrogen-bond acceptors (Lipinski definition) is 5. The van der Waals surface area contributed by atoms with E-state index in [0.29, 0.717) is 0 Å². The first-order valence-electron chi connectivity index (χ1n) is 7.71. The Kier molecular flexibility index (Phi) is 4.72. The molecular formula is C16H24N4O. The van der Waals surface area contributed by atoms with Gasteiger partial charge in [-0.25, -0.2) is 0 Å². The summed E-state index contributed by atoms with van der Waals surface area (Å²) in [7, 11) is 2.16. The molecule has 0 bridgehead atoms. The van der Waals surface area contributed by atoms with E-state index >= 15 is 0 Å². The Balaban J connectivity index is 1.56. The van der Waals surface area contributed by atoms with Crippen LogP contribution in [-0.2, 0) is 4.74 Å². The maximum atomic E-state index is 5.39. The molecule has 5 heteroatoms. The number of nitrogens with zero attached hydrogens (tertiary/aromatic N) is 4. The van der Waals surface area contributed by atoms with Crippen LogP contribution in [-0.4, -0.2) is 75.7 Å². The molecule has 3 rings (SSSR count). The van der Waals surface area contributed by atoms with Crippen LogP contribution < -0.4 is 4.90 Å². The predicted molar refractivity (Wildman–Crippen MR) is 86.1 cm³/mol. The smallest absolute Gasteiger partial charge is 0.0642 e. The molecule has 2 fully saturated rings. The summed E-state index contributed by atoms with van der Waals surface area (Å²) in [5.41, 5.74) is 2.43. The number of benzene rings is 1. The SMILES string of the molecule is CN1CCN(N=Cc2ccc(N3CCOCC3)cc2)CC1. The molecule has 2 aliphatic heterocycles. The Morgan fingerprint density at radius 2 is 1.62 bits per heavy atom. The first-order chi connectivity index (χ1) is 10.3. The molecule has 5 nitrogen and oxygen atoms in total. The standard InChI is InChI=1S/C16H24N4O/c1-18-6-8-20(9-7-18)17-14-15-2-4-16(5-3-15)19-10-12-21-13-11-19/h2-5,14H,6-13H2,1H3. The highest BCUT2D eigenvalue weighted by Gasteiger charge is 2.12. The fourth-order valence-electron chi connectivity index (χ4n) is 2.65. The van der Waals surface area contributed by atoms with E-state index in [4.69, 9.17) is 4.74 Å². The van der Waals surface area contributed by atoms with Crippen LogP contribution in [0.3, 0.4) is 0 Å². The van der Waals surface area contributed by atoms with Crippen molar-refractivity contribution in [1.29, 1.82) is 0 Å². The van der Waals surface area contributed by atoms with Crippen molar-refractivity contribution in [3.63, 3.8) is 0 Å². The highest BCUT2D eigenvalue weighted by Crippen LogP contribution is 2.16. The second-order valence-corrected chi connectivity index (χ2v) is 5.69. The van der Waals surface area contributed by atoms with Crippen molar-refractivity contribution in [3.05, 3.63) is 29.8 Å². The van der Waals surface area contributed by atoms with Gasteiger partial charge in [0.25, 0.3) is 0 Å². The summed E-state index contributed by atoms with van der Waals surface area (Å²) in [6.45, 7) is 7.82. The van der Waals surface area contributed by atoms with Crippen molar-refractivity contribution in [2.75, 3.05) is 64.4 Å². The molecule has 2 heterocycles. The van der Waals surface area contributed by atoms with Gasteiger partial charge in [0, 0.05) is 45.0 Å². The average Bonchev–Trinajstić information content (AvgIpc) is 2.56. The largest absolute Gasteiger partial charge is 0.378 e. The van der Waals surface area contributed by atoms with E-state index in [9.17, 15) is 0 Å². The summed E-state index contributed by atoms with van der Waals surface area (Å²) < 4.78 is 5.39. The Hall–Kier alpha value is -1.59. The molecule has 21 heavy (non-hydrogen) atoms. The molecule has 0 aromatic heterocycles. The topological polar surface area (TPSA) is 31.3 Å². The normalized spacial score (nSPS) is 21.2. The molecule has 0 aliphatic carbocycles. The van der Waals surface area contributed by atoms with E-state index in [-0.39, 0.29) is 0 Å². The molecule has 114 valence electrons. The van der Waals surface area contributed by atoms with Crippen molar-refractivity contribution >= 4 is 11.9 Å². The van der Waals surface area contributed by atoms with E-state index in [2.05, 4.69) is 51.2 Å². The van der Waals surface area contributed by atoms with Crippen LogP contribution in [0.5, 0.6) is 0 Å². The number of piperazine rings is 1. The molecule has 0 N–H and O–H groups in total. The second kappa shape index (κ2) is 6.91. The first kappa shape index (κ1) is 14.4. The molecule has 0 atom stereocenters. The zero-order chi connectivity index (χ0) is 14.5. The second-order valence-electron chi connectivity index (χ2n) is 5.69. The van der Waals surface area contributed by atoms with Gasteiger partial charge in [0.05, 0.1) is 19.4 Å². The molecule has 0 amide bonds. The van der Waals surface area contributed by atoms with Gasteiger partial charge in [0.2, 0.25) is 0 Å². The summed E-state index contributed by atoms with van der Waals surface area (Å²) in [5.74, 6) is 0. The maximum Gasteiger partial charge on any atom is 0.0642 e. The van der Waals surface area contributed by atoms with Crippen LogP contribution in [0.25, 0.3) is 0 Å². The third kappa shape index (κ3) is 3.95. The Morgan fingerprint density at radius 1 is 0.952 bits per heavy atom. The number of hydrogen-bond donors (Lipinski definition) is 0. The maximum absolute atomic E-state index is 5.39. The van der Waals surface area contributed by atoms with Gasteiger partial charge in [-0.3, -0.25) is 5.01 Å². The minimum atomic E-state index is 0.826. The van der Waals surface area contributed by atoms with Gasteiger partial charge in [-0.15, -0.1) is 0 Å². The fourth-order valence-corrected chi connectivity index (χ4v) is 2.65. The van der Waals surface area contributed by atoms with Gasteiger partial charge in [-0.05, 0) is 24.7 Å². The van der Waals surface area contributed by atoms with E-state index in [1.807, 2.05) is 6.21 Å². The van der Waals surface area contributed by atoms with Crippen LogP contribution in [0.4, 0.5) is 5.69 Å². The third-order valence-electron chi connectivity index (χ3n) is 4.12. The number of anilines is 1. The third-order valence-corrected chi connectivity index (χ3v) is 4.12. The van der Waals surface area contributed by atoms with Crippen LogP contribution >= 0.6 is 0 Å². The Bertz CT molecular complexity index is 460. The van der Waals surface area contributed by atoms with Crippen LogP contribution in [0.1, 0.15) is 5.56 Å². The van der Waals surface area contributed by atoms with Crippen molar-refractivity contribution < 1.29 is 4.74 Å². The molecule has 0 spiro atoms. The Labute approximate surface area is 126 Å². The van der Waals surface area contributed by atoms with E-state index in [1.165, 1.54) is 5.69 Å². The average molecular weight is 288 g/mol. The van der Waals surface area contributed by atoms with Crippen LogP contribution in [0.15, 0.2) is 29.4 Å². The lowest BCUT2D eigenvalue weighted by molar-refractivity contribution is 0.122. The van der Waals surface area contributed by atoms with Gasteiger partial charge in [-0.2, -0.15) is 5.10 Å². The predicted octanol–water partition coefficient (Wildman–Crippen LogP) is 1.10. The monoisotopic (exact) mass is 288 g/mol. The van der Waals surface area contributed by atoms with Crippen LogP contribution in [0.2, 0.25) is 0 Å². The van der Waals surface area contributed by atoms with Gasteiger partial charge < -0.3 is 14.5 Å². The summed E-state index contributed by atoms with van der Waals surface area (Å²) in [4.78, 5) is 4.70. The lowest BCUT2D eigenvalue weighted by Gasteiger charge is -2.30. The molecule has 0 radical (unpaired) electrons. The van der Waals surface area contributed by atoms with Crippen molar-refractivity contribution in [2.24, 2.45) is 5.10 Å². The number of rotatable bonds is 3. The minimum Gasteiger partial charge on any atom is -0.378 e. The molecule has 1 aromatic carbocycles.